The number of aliphatic carboxylic acids is 1. The molecule has 0 saturated carbocycles. The van der Waals surface area contributed by atoms with Gasteiger partial charge in [0.1, 0.15) is 5.41 Å². The predicted octanol–water partition coefficient (Wildman–Crippen LogP) is 3.40. The molecule has 1 aliphatic heterocycles. The highest BCUT2D eigenvalue weighted by Crippen LogP contribution is 2.36. The first-order chi connectivity index (χ1) is 11.7. The highest BCUT2D eigenvalue weighted by atomic mass is 16.4. The van der Waals surface area contributed by atoms with E-state index in [0.717, 1.165) is 24.2 Å². The molecule has 3 aromatic rings. The molecule has 2 N–H and O–H groups in total. The number of H-pyrrole nitrogens is 1. The molecule has 24 heavy (non-hydrogen) atoms. The molecule has 0 spiro atoms. The summed E-state index contributed by atoms with van der Waals surface area (Å²) >= 11 is 0. The highest BCUT2D eigenvalue weighted by molar-refractivity contribution is 5.83. The van der Waals surface area contributed by atoms with Crippen LogP contribution >= 0.6 is 0 Å². The fraction of sp³-hybridized carbons (Fsp3) is 0.250. The fourth-order valence-electron chi connectivity index (χ4n) is 3.84. The van der Waals surface area contributed by atoms with Crippen LogP contribution in [-0.4, -0.2) is 34.0 Å². The van der Waals surface area contributed by atoms with Gasteiger partial charge < -0.3 is 10.1 Å². The Morgan fingerprint density at radius 3 is 2.75 bits per heavy atom. The monoisotopic (exact) mass is 320 g/mol. The lowest BCUT2D eigenvalue weighted by atomic mass is 9.80. The van der Waals surface area contributed by atoms with Crippen molar-refractivity contribution < 1.29 is 9.90 Å². The number of benzene rings is 2. The van der Waals surface area contributed by atoms with E-state index in [-0.39, 0.29) is 0 Å². The van der Waals surface area contributed by atoms with Crippen LogP contribution in [0.4, 0.5) is 0 Å². The van der Waals surface area contributed by atoms with Crippen LogP contribution in [0.25, 0.3) is 10.9 Å². The van der Waals surface area contributed by atoms with Crippen molar-refractivity contribution >= 4 is 16.9 Å². The average molecular weight is 320 g/mol. The summed E-state index contributed by atoms with van der Waals surface area (Å²) < 4.78 is 0. The van der Waals surface area contributed by atoms with Gasteiger partial charge in [0.25, 0.3) is 0 Å². The summed E-state index contributed by atoms with van der Waals surface area (Å²) in [6, 6.07) is 18.0. The summed E-state index contributed by atoms with van der Waals surface area (Å²) in [5.41, 5.74) is 2.47. The SMILES string of the molecule is O=C(O)C1(c2ccccc2)CCN(Cc2cccc3[nH]ccc23)C1. The van der Waals surface area contributed by atoms with Gasteiger partial charge in [0.15, 0.2) is 0 Å². The normalized spacial score (nSPS) is 21.3. The smallest absolute Gasteiger partial charge is 0.315 e. The van der Waals surface area contributed by atoms with Crippen LogP contribution in [0, 0.1) is 0 Å². The van der Waals surface area contributed by atoms with Crippen molar-refractivity contribution in [2.24, 2.45) is 0 Å². The van der Waals surface area contributed by atoms with Gasteiger partial charge in [-0.15, -0.1) is 0 Å². The van der Waals surface area contributed by atoms with E-state index >= 15 is 0 Å². The number of rotatable bonds is 4. The number of carboxylic acid groups (broad SMARTS) is 1. The Balaban J connectivity index is 1.61. The van der Waals surface area contributed by atoms with Crippen molar-refractivity contribution in [1.82, 2.24) is 9.88 Å². The van der Waals surface area contributed by atoms with Crippen LogP contribution < -0.4 is 0 Å². The van der Waals surface area contributed by atoms with Gasteiger partial charge in [-0.1, -0.05) is 42.5 Å². The van der Waals surface area contributed by atoms with Crippen molar-refractivity contribution in [2.75, 3.05) is 13.1 Å². The van der Waals surface area contributed by atoms with Crippen LogP contribution in [0.5, 0.6) is 0 Å². The van der Waals surface area contributed by atoms with Gasteiger partial charge in [-0.25, -0.2) is 0 Å². The number of hydrogen-bond acceptors (Lipinski definition) is 2. The molecule has 4 heteroatoms. The van der Waals surface area contributed by atoms with Crippen LogP contribution in [0.15, 0.2) is 60.8 Å². The van der Waals surface area contributed by atoms with E-state index in [0.29, 0.717) is 13.0 Å². The molecule has 4 rings (SSSR count). The number of likely N-dealkylation sites (tertiary alicyclic amines) is 1. The number of aromatic amines is 1. The average Bonchev–Trinajstić information content (AvgIpc) is 3.24. The van der Waals surface area contributed by atoms with E-state index < -0.39 is 11.4 Å². The second-order valence-corrected chi connectivity index (χ2v) is 6.57. The molecule has 122 valence electrons. The number of fused-ring (bicyclic) bond motifs is 1. The van der Waals surface area contributed by atoms with E-state index in [1.165, 1.54) is 10.9 Å². The molecular formula is C20H20N2O2. The molecule has 4 nitrogen and oxygen atoms in total. The largest absolute Gasteiger partial charge is 0.481 e. The number of nitrogens with zero attached hydrogens (tertiary/aromatic N) is 1. The first kappa shape index (κ1) is 15.0. The zero-order valence-corrected chi connectivity index (χ0v) is 13.4. The van der Waals surface area contributed by atoms with E-state index in [1.807, 2.05) is 42.6 Å². The van der Waals surface area contributed by atoms with Gasteiger partial charge in [-0.05, 0) is 29.7 Å². The summed E-state index contributed by atoms with van der Waals surface area (Å²) in [4.78, 5) is 17.5. The quantitative estimate of drug-likeness (QED) is 0.774. The number of hydrogen-bond donors (Lipinski definition) is 2. The van der Waals surface area contributed by atoms with Crippen LogP contribution in [0.3, 0.4) is 0 Å². The molecular weight excluding hydrogens is 300 g/mol. The second-order valence-electron chi connectivity index (χ2n) is 6.57. The molecule has 1 aromatic heterocycles. The maximum atomic E-state index is 12.1. The molecule has 0 amide bonds. The summed E-state index contributed by atoms with van der Waals surface area (Å²) in [5, 5.41) is 11.1. The lowest BCUT2D eigenvalue weighted by molar-refractivity contribution is -0.143. The van der Waals surface area contributed by atoms with Gasteiger partial charge in [0, 0.05) is 36.7 Å². The molecule has 2 heterocycles. The van der Waals surface area contributed by atoms with Gasteiger partial charge >= 0.3 is 5.97 Å². The van der Waals surface area contributed by atoms with Crippen LogP contribution in [-0.2, 0) is 16.8 Å². The lowest BCUT2D eigenvalue weighted by Crippen LogP contribution is -2.38. The summed E-state index contributed by atoms with van der Waals surface area (Å²) in [5.74, 6) is -0.726. The van der Waals surface area contributed by atoms with Crippen molar-refractivity contribution in [3.63, 3.8) is 0 Å². The number of carboxylic acids is 1. The van der Waals surface area contributed by atoms with Gasteiger partial charge in [-0.2, -0.15) is 0 Å². The zero-order chi connectivity index (χ0) is 16.6. The lowest BCUT2D eigenvalue weighted by Gasteiger charge is -2.25. The maximum Gasteiger partial charge on any atom is 0.315 e. The van der Waals surface area contributed by atoms with E-state index in [4.69, 9.17) is 0 Å². The minimum Gasteiger partial charge on any atom is -0.481 e. The van der Waals surface area contributed by atoms with Crippen LogP contribution in [0.1, 0.15) is 17.5 Å². The summed E-state index contributed by atoms with van der Waals surface area (Å²) in [6.45, 7) is 2.12. The number of nitrogens with one attached hydrogen (secondary N) is 1. The molecule has 0 radical (unpaired) electrons. The summed E-state index contributed by atoms with van der Waals surface area (Å²) in [6.07, 6.45) is 2.60. The summed E-state index contributed by atoms with van der Waals surface area (Å²) in [7, 11) is 0. The maximum absolute atomic E-state index is 12.1. The number of aromatic nitrogens is 1. The predicted molar refractivity (Wildman–Crippen MR) is 93.9 cm³/mol. The topological polar surface area (TPSA) is 56.3 Å². The highest BCUT2D eigenvalue weighted by Gasteiger charge is 2.46. The molecule has 1 saturated heterocycles. The minimum atomic E-state index is -0.798. The van der Waals surface area contributed by atoms with Crippen molar-refractivity contribution in [1.29, 1.82) is 0 Å². The third kappa shape index (κ3) is 2.39. The molecule has 1 fully saturated rings. The molecule has 2 aromatic carbocycles. The van der Waals surface area contributed by atoms with Crippen LogP contribution in [0.2, 0.25) is 0 Å². The van der Waals surface area contributed by atoms with Crippen molar-refractivity contribution in [3.8, 4) is 0 Å². The van der Waals surface area contributed by atoms with Gasteiger partial charge in [-0.3, -0.25) is 9.69 Å². The Morgan fingerprint density at radius 2 is 1.96 bits per heavy atom. The Hall–Kier alpha value is -2.59. The van der Waals surface area contributed by atoms with Gasteiger partial charge in [0.05, 0.1) is 0 Å². The van der Waals surface area contributed by atoms with Crippen molar-refractivity contribution in [3.05, 3.63) is 71.9 Å². The third-order valence-electron chi connectivity index (χ3n) is 5.16. The molecule has 1 atom stereocenters. The fourth-order valence-corrected chi connectivity index (χ4v) is 3.84. The van der Waals surface area contributed by atoms with Crippen molar-refractivity contribution in [2.45, 2.75) is 18.4 Å². The number of carbonyl (C=O) groups is 1. The van der Waals surface area contributed by atoms with Gasteiger partial charge in [0.2, 0.25) is 0 Å². The molecule has 1 aliphatic rings. The minimum absolute atomic E-state index is 0.549. The zero-order valence-electron chi connectivity index (χ0n) is 13.4. The Morgan fingerprint density at radius 1 is 1.12 bits per heavy atom. The van der Waals surface area contributed by atoms with E-state index in [9.17, 15) is 9.90 Å². The van der Waals surface area contributed by atoms with E-state index in [2.05, 4.69) is 28.1 Å². The Kier molecular flexibility index (Phi) is 3.62. The second kappa shape index (κ2) is 5.80. The Bertz CT molecular complexity index is 871. The Labute approximate surface area is 140 Å². The van der Waals surface area contributed by atoms with E-state index in [1.54, 1.807) is 0 Å². The molecule has 0 bridgehead atoms. The first-order valence-corrected chi connectivity index (χ1v) is 8.25. The molecule has 1 unspecified atom stereocenters. The third-order valence-corrected chi connectivity index (χ3v) is 5.16. The molecule has 0 aliphatic carbocycles. The standard InChI is InChI=1S/C20H20N2O2/c23-19(24)20(16-6-2-1-3-7-16)10-12-22(14-20)13-15-5-4-8-18-17(15)9-11-21-18/h1-9,11,21H,10,12-14H2,(H,23,24). The first-order valence-electron chi connectivity index (χ1n) is 8.25.